The number of carbonyl (C=O) groups is 1. The Labute approximate surface area is 112 Å². The molecule has 0 aromatic heterocycles. The highest BCUT2D eigenvalue weighted by Gasteiger charge is 2.20. The summed E-state index contributed by atoms with van der Waals surface area (Å²) in [6, 6.07) is 0. The van der Waals surface area contributed by atoms with E-state index in [1.807, 2.05) is 11.9 Å². The van der Waals surface area contributed by atoms with Crippen molar-refractivity contribution in [2.75, 3.05) is 46.3 Å². The molecule has 1 saturated heterocycles. The second-order valence-electron chi connectivity index (χ2n) is 5.61. The van der Waals surface area contributed by atoms with Gasteiger partial charge in [0.25, 0.3) is 0 Å². The molecule has 1 rings (SSSR count). The lowest BCUT2D eigenvalue weighted by molar-refractivity contribution is -0.133. The number of amides is 1. The van der Waals surface area contributed by atoms with E-state index in [-0.39, 0.29) is 0 Å². The van der Waals surface area contributed by atoms with E-state index < -0.39 is 0 Å². The Morgan fingerprint density at radius 1 is 1.22 bits per heavy atom. The fourth-order valence-corrected chi connectivity index (χ4v) is 2.24. The van der Waals surface area contributed by atoms with Crippen LogP contribution in [-0.2, 0) is 4.79 Å². The Bertz CT molecular complexity index is 235. The summed E-state index contributed by atoms with van der Waals surface area (Å²) in [5, 5.41) is 3.08. The van der Waals surface area contributed by atoms with E-state index in [9.17, 15) is 4.79 Å². The third kappa shape index (κ3) is 5.83. The lowest BCUT2D eigenvalue weighted by Crippen LogP contribution is -2.49. The quantitative estimate of drug-likeness (QED) is 0.694. The first-order chi connectivity index (χ1) is 8.63. The van der Waals surface area contributed by atoms with Crippen molar-refractivity contribution in [3.8, 4) is 0 Å². The van der Waals surface area contributed by atoms with Gasteiger partial charge in [-0.15, -0.1) is 0 Å². The third-order valence-electron chi connectivity index (χ3n) is 3.57. The molecule has 0 aliphatic carbocycles. The predicted molar refractivity (Wildman–Crippen MR) is 75.6 cm³/mol. The predicted octanol–water partition coefficient (Wildman–Crippen LogP) is 1.18. The first kappa shape index (κ1) is 15.4. The van der Waals surface area contributed by atoms with Crippen LogP contribution < -0.4 is 5.32 Å². The van der Waals surface area contributed by atoms with Gasteiger partial charge in [0.2, 0.25) is 5.91 Å². The zero-order valence-electron chi connectivity index (χ0n) is 12.2. The van der Waals surface area contributed by atoms with Gasteiger partial charge in [-0.1, -0.05) is 13.8 Å². The largest absolute Gasteiger partial charge is 0.340 e. The number of hydrogen-bond donors (Lipinski definition) is 1. The molecule has 0 radical (unpaired) electrons. The highest BCUT2D eigenvalue weighted by molar-refractivity contribution is 5.76. The summed E-state index contributed by atoms with van der Waals surface area (Å²) >= 11 is 0. The summed E-state index contributed by atoms with van der Waals surface area (Å²) in [4.78, 5) is 16.4. The maximum Gasteiger partial charge on any atom is 0.222 e. The van der Waals surface area contributed by atoms with Crippen LogP contribution in [0.3, 0.4) is 0 Å². The van der Waals surface area contributed by atoms with Crippen LogP contribution >= 0.6 is 0 Å². The van der Waals surface area contributed by atoms with Gasteiger partial charge in [0, 0.05) is 32.6 Å². The second kappa shape index (κ2) is 8.48. The number of nitrogens with one attached hydrogen (secondary N) is 1. The van der Waals surface area contributed by atoms with Gasteiger partial charge in [-0.2, -0.15) is 0 Å². The van der Waals surface area contributed by atoms with Gasteiger partial charge in [0.05, 0.1) is 0 Å². The summed E-state index contributed by atoms with van der Waals surface area (Å²) < 4.78 is 0. The van der Waals surface area contributed by atoms with Crippen molar-refractivity contribution in [1.82, 2.24) is 15.1 Å². The summed E-state index contributed by atoms with van der Waals surface area (Å²) in [6.45, 7) is 10.6. The molecule has 0 atom stereocenters. The van der Waals surface area contributed by atoms with Crippen molar-refractivity contribution in [3.63, 3.8) is 0 Å². The Hall–Kier alpha value is -0.610. The fourth-order valence-electron chi connectivity index (χ4n) is 2.24. The van der Waals surface area contributed by atoms with Crippen LogP contribution in [0, 0.1) is 5.92 Å². The first-order valence-electron chi connectivity index (χ1n) is 7.28. The van der Waals surface area contributed by atoms with Gasteiger partial charge >= 0.3 is 0 Å². The second-order valence-corrected chi connectivity index (χ2v) is 5.61. The zero-order valence-corrected chi connectivity index (χ0v) is 12.2. The van der Waals surface area contributed by atoms with E-state index >= 15 is 0 Å². The maximum absolute atomic E-state index is 11.9. The minimum Gasteiger partial charge on any atom is -0.340 e. The molecule has 4 nitrogen and oxygen atoms in total. The standard InChI is InChI=1S/C14H29N3O/c1-13(2)6-8-16-9-11-17(12-10-16)14(18)5-4-7-15-3/h13,15H,4-12H2,1-3H3. The van der Waals surface area contributed by atoms with Crippen molar-refractivity contribution in [2.24, 2.45) is 5.92 Å². The molecular formula is C14H29N3O. The SMILES string of the molecule is CNCCCC(=O)N1CCN(CCC(C)C)CC1. The van der Waals surface area contributed by atoms with Crippen molar-refractivity contribution in [2.45, 2.75) is 33.1 Å². The number of hydrogen-bond acceptors (Lipinski definition) is 3. The monoisotopic (exact) mass is 255 g/mol. The van der Waals surface area contributed by atoms with Gasteiger partial charge < -0.3 is 10.2 Å². The van der Waals surface area contributed by atoms with Crippen LogP contribution in [0.15, 0.2) is 0 Å². The Morgan fingerprint density at radius 3 is 2.44 bits per heavy atom. The van der Waals surface area contributed by atoms with Gasteiger partial charge in [-0.3, -0.25) is 9.69 Å². The molecule has 0 unspecified atom stereocenters. The average molecular weight is 255 g/mol. The molecule has 1 aliphatic rings. The smallest absolute Gasteiger partial charge is 0.222 e. The topological polar surface area (TPSA) is 35.6 Å². The Kier molecular flexibility index (Phi) is 7.28. The molecule has 0 saturated carbocycles. The molecule has 1 aliphatic heterocycles. The molecular weight excluding hydrogens is 226 g/mol. The van der Waals surface area contributed by atoms with Crippen molar-refractivity contribution < 1.29 is 4.79 Å². The van der Waals surface area contributed by atoms with Gasteiger partial charge in [-0.05, 0) is 38.9 Å². The molecule has 4 heteroatoms. The highest BCUT2D eigenvalue weighted by atomic mass is 16.2. The van der Waals surface area contributed by atoms with Crippen molar-refractivity contribution >= 4 is 5.91 Å². The Morgan fingerprint density at radius 2 is 1.89 bits per heavy atom. The summed E-state index contributed by atoms with van der Waals surface area (Å²) in [7, 11) is 1.93. The lowest BCUT2D eigenvalue weighted by Gasteiger charge is -2.35. The number of rotatable bonds is 7. The van der Waals surface area contributed by atoms with Crippen LogP contribution in [0.5, 0.6) is 0 Å². The van der Waals surface area contributed by atoms with E-state index in [2.05, 4.69) is 24.1 Å². The number of nitrogens with zero attached hydrogens (tertiary/aromatic N) is 2. The van der Waals surface area contributed by atoms with Gasteiger partial charge in [0.15, 0.2) is 0 Å². The van der Waals surface area contributed by atoms with E-state index in [0.29, 0.717) is 12.3 Å². The molecule has 1 fully saturated rings. The molecule has 106 valence electrons. The minimum atomic E-state index is 0.328. The molecule has 1 amide bonds. The van der Waals surface area contributed by atoms with E-state index in [1.54, 1.807) is 0 Å². The highest BCUT2D eigenvalue weighted by Crippen LogP contribution is 2.08. The molecule has 0 bridgehead atoms. The summed E-state index contributed by atoms with van der Waals surface area (Å²) in [5.41, 5.74) is 0. The van der Waals surface area contributed by atoms with Crippen LogP contribution in [0.25, 0.3) is 0 Å². The summed E-state index contributed by atoms with van der Waals surface area (Å²) in [6.07, 6.45) is 2.89. The molecule has 18 heavy (non-hydrogen) atoms. The molecule has 0 aromatic rings. The fraction of sp³-hybridized carbons (Fsp3) is 0.929. The number of piperazine rings is 1. The van der Waals surface area contributed by atoms with Gasteiger partial charge in [-0.25, -0.2) is 0 Å². The van der Waals surface area contributed by atoms with E-state index in [4.69, 9.17) is 0 Å². The van der Waals surface area contributed by atoms with Gasteiger partial charge in [0.1, 0.15) is 0 Å². The third-order valence-corrected chi connectivity index (χ3v) is 3.57. The van der Waals surface area contributed by atoms with Crippen molar-refractivity contribution in [3.05, 3.63) is 0 Å². The maximum atomic E-state index is 11.9. The number of carbonyl (C=O) groups excluding carboxylic acids is 1. The molecule has 1 heterocycles. The molecule has 1 N–H and O–H groups in total. The average Bonchev–Trinajstić information content (AvgIpc) is 2.37. The van der Waals surface area contributed by atoms with Crippen molar-refractivity contribution in [1.29, 1.82) is 0 Å². The lowest BCUT2D eigenvalue weighted by atomic mass is 10.1. The van der Waals surface area contributed by atoms with Crippen LogP contribution in [0.2, 0.25) is 0 Å². The van der Waals surface area contributed by atoms with Crippen LogP contribution in [0.1, 0.15) is 33.1 Å². The molecule has 0 aromatic carbocycles. The molecule has 0 spiro atoms. The Balaban J connectivity index is 2.16. The van der Waals surface area contributed by atoms with Crippen LogP contribution in [-0.4, -0.2) is 62.0 Å². The van der Waals surface area contributed by atoms with Crippen LogP contribution in [0.4, 0.5) is 0 Å². The van der Waals surface area contributed by atoms with E-state index in [1.165, 1.54) is 13.0 Å². The summed E-state index contributed by atoms with van der Waals surface area (Å²) in [5.74, 6) is 1.10. The first-order valence-corrected chi connectivity index (χ1v) is 7.28. The van der Waals surface area contributed by atoms with E-state index in [0.717, 1.165) is 45.1 Å². The minimum absolute atomic E-state index is 0.328. The zero-order chi connectivity index (χ0) is 13.4. The normalized spacial score (nSPS) is 17.4.